The Morgan fingerprint density at radius 1 is 1.31 bits per heavy atom. The first-order valence-electron chi connectivity index (χ1n) is 5.40. The SMILES string of the molecule is CC1=C(CC(C#N)C#N)C(=O)CC(C)(C)C1. The Morgan fingerprint density at radius 3 is 2.31 bits per heavy atom. The van der Waals surface area contributed by atoms with E-state index in [1.54, 1.807) is 0 Å². The number of carbonyl (C=O) groups is 1. The fourth-order valence-electron chi connectivity index (χ4n) is 2.28. The maximum Gasteiger partial charge on any atom is 0.159 e. The van der Waals surface area contributed by atoms with Crippen LogP contribution in [-0.2, 0) is 4.79 Å². The molecule has 3 nitrogen and oxygen atoms in total. The molecule has 0 N–H and O–H groups in total. The van der Waals surface area contributed by atoms with Gasteiger partial charge in [-0.25, -0.2) is 0 Å². The van der Waals surface area contributed by atoms with Gasteiger partial charge in [0, 0.05) is 12.8 Å². The molecule has 84 valence electrons. The minimum atomic E-state index is -0.699. The minimum Gasteiger partial charge on any atom is -0.295 e. The largest absolute Gasteiger partial charge is 0.295 e. The van der Waals surface area contributed by atoms with Crippen LogP contribution in [0.5, 0.6) is 0 Å². The normalized spacial score (nSPS) is 19.5. The van der Waals surface area contributed by atoms with E-state index in [1.165, 1.54) is 0 Å². The van der Waals surface area contributed by atoms with Crippen LogP contribution in [0.25, 0.3) is 0 Å². The molecule has 0 aromatic carbocycles. The molecular weight excluding hydrogens is 200 g/mol. The second kappa shape index (κ2) is 4.49. The van der Waals surface area contributed by atoms with E-state index in [4.69, 9.17) is 10.5 Å². The summed E-state index contributed by atoms with van der Waals surface area (Å²) in [7, 11) is 0. The average molecular weight is 216 g/mol. The number of Topliss-reactive ketones (excluding diaryl/α,β-unsaturated/α-hetero) is 1. The molecule has 0 amide bonds. The minimum absolute atomic E-state index is 0.0133. The van der Waals surface area contributed by atoms with Gasteiger partial charge in [0.15, 0.2) is 5.78 Å². The Morgan fingerprint density at radius 2 is 1.88 bits per heavy atom. The summed E-state index contributed by atoms with van der Waals surface area (Å²) >= 11 is 0. The zero-order chi connectivity index (χ0) is 12.3. The number of nitriles is 2. The van der Waals surface area contributed by atoms with E-state index >= 15 is 0 Å². The van der Waals surface area contributed by atoms with Crippen LogP contribution in [0.4, 0.5) is 0 Å². The van der Waals surface area contributed by atoms with Gasteiger partial charge in [0.05, 0.1) is 12.1 Å². The summed E-state index contributed by atoms with van der Waals surface area (Å²) in [6, 6.07) is 3.83. The van der Waals surface area contributed by atoms with E-state index in [9.17, 15) is 4.79 Å². The van der Waals surface area contributed by atoms with Crippen LogP contribution < -0.4 is 0 Å². The van der Waals surface area contributed by atoms with Gasteiger partial charge >= 0.3 is 0 Å². The first-order valence-corrected chi connectivity index (χ1v) is 5.40. The second-order valence-corrected chi connectivity index (χ2v) is 5.21. The zero-order valence-corrected chi connectivity index (χ0v) is 10.0. The molecule has 1 rings (SSSR count). The molecule has 0 bridgehead atoms. The summed E-state index contributed by atoms with van der Waals surface area (Å²) in [5.41, 5.74) is 1.75. The van der Waals surface area contributed by atoms with Gasteiger partial charge in [-0.2, -0.15) is 10.5 Å². The Labute approximate surface area is 96.4 Å². The molecule has 16 heavy (non-hydrogen) atoms. The monoisotopic (exact) mass is 216 g/mol. The quantitative estimate of drug-likeness (QED) is 0.712. The smallest absolute Gasteiger partial charge is 0.159 e. The number of hydrogen-bond acceptors (Lipinski definition) is 3. The maximum atomic E-state index is 11.9. The fourth-order valence-corrected chi connectivity index (χ4v) is 2.28. The van der Waals surface area contributed by atoms with Gasteiger partial charge in [-0.05, 0) is 24.3 Å². The van der Waals surface area contributed by atoms with Crippen molar-refractivity contribution in [3.8, 4) is 12.1 Å². The molecule has 0 aromatic rings. The lowest BCUT2D eigenvalue weighted by Gasteiger charge is -2.31. The number of carbonyl (C=O) groups excluding carboxylic acids is 1. The Hall–Kier alpha value is -1.61. The predicted octanol–water partition coefficient (Wildman–Crippen LogP) is 2.75. The Bertz CT molecular complexity index is 404. The highest BCUT2D eigenvalue weighted by Crippen LogP contribution is 2.38. The van der Waals surface area contributed by atoms with Crippen molar-refractivity contribution in [2.45, 2.75) is 40.0 Å². The summed E-state index contributed by atoms with van der Waals surface area (Å²) in [6.45, 7) is 6.06. The van der Waals surface area contributed by atoms with Crippen LogP contribution in [0.3, 0.4) is 0 Å². The predicted molar refractivity (Wildman–Crippen MR) is 60.1 cm³/mol. The van der Waals surface area contributed by atoms with Crippen molar-refractivity contribution in [3.05, 3.63) is 11.1 Å². The zero-order valence-electron chi connectivity index (χ0n) is 10.0. The van der Waals surface area contributed by atoms with Gasteiger partial charge in [0.1, 0.15) is 5.92 Å². The molecule has 0 aromatic heterocycles. The van der Waals surface area contributed by atoms with E-state index in [1.807, 2.05) is 19.1 Å². The van der Waals surface area contributed by atoms with E-state index < -0.39 is 5.92 Å². The van der Waals surface area contributed by atoms with Crippen molar-refractivity contribution in [2.75, 3.05) is 0 Å². The lowest BCUT2D eigenvalue weighted by atomic mass is 9.72. The molecule has 0 spiro atoms. The number of hydrogen-bond donors (Lipinski definition) is 0. The van der Waals surface area contributed by atoms with Crippen LogP contribution in [0.2, 0.25) is 0 Å². The first-order chi connectivity index (χ1) is 7.39. The van der Waals surface area contributed by atoms with Crippen molar-refractivity contribution >= 4 is 5.78 Å². The van der Waals surface area contributed by atoms with Crippen LogP contribution in [0.1, 0.15) is 40.0 Å². The first kappa shape index (κ1) is 12.5. The van der Waals surface area contributed by atoms with Gasteiger partial charge in [0.25, 0.3) is 0 Å². The number of allylic oxidation sites excluding steroid dienone is 2. The summed E-state index contributed by atoms with van der Waals surface area (Å²) in [5, 5.41) is 17.5. The molecule has 0 radical (unpaired) electrons. The standard InChI is InChI=1S/C13H16N2O/c1-9-5-13(2,3)6-12(16)11(9)4-10(7-14)8-15/h10H,4-6H2,1-3H3. The summed E-state index contributed by atoms with van der Waals surface area (Å²) in [4.78, 5) is 11.9. The Balaban J connectivity index is 2.93. The summed E-state index contributed by atoms with van der Waals surface area (Å²) in [5.74, 6) is -0.598. The third-order valence-electron chi connectivity index (χ3n) is 2.95. The number of nitrogens with zero attached hydrogens (tertiary/aromatic N) is 2. The third-order valence-corrected chi connectivity index (χ3v) is 2.95. The number of ketones is 1. The van der Waals surface area contributed by atoms with E-state index in [0.29, 0.717) is 12.0 Å². The molecule has 0 fully saturated rings. The molecule has 1 aliphatic rings. The maximum absolute atomic E-state index is 11.9. The lowest BCUT2D eigenvalue weighted by molar-refractivity contribution is -0.118. The van der Waals surface area contributed by atoms with Crippen molar-refractivity contribution in [2.24, 2.45) is 11.3 Å². The molecule has 0 heterocycles. The molecular formula is C13H16N2O. The Kier molecular flexibility index (Phi) is 3.50. The van der Waals surface area contributed by atoms with Crippen LogP contribution in [0, 0.1) is 34.0 Å². The van der Waals surface area contributed by atoms with Gasteiger partial charge < -0.3 is 0 Å². The average Bonchev–Trinajstić information content (AvgIpc) is 2.15. The van der Waals surface area contributed by atoms with Gasteiger partial charge in [-0.1, -0.05) is 19.4 Å². The van der Waals surface area contributed by atoms with Crippen LogP contribution in [-0.4, -0.2) is 5.78 Å². The molecule has 0 unspecified atom stereocenters. The van der Waals surface area contributed by atoms with Crippen molar-refractivity contribution in [3.63, 3.8) is 0 Å². The highest BCUT2D eigenvalue weighted by Gasteiger charge is 2.31. The highest BCUT2D eigenvalue weighted by molar-refractivity contribution is 5.97. The van der Waals surface area contributed by atoms with E-state index in [2.05, 4.69) is 13.8 Å². The van der Waals surface area contributed by atoms with Crippen LogP contribution >= 0.6 is 0 Å². The molecule has 0 saturated carbocycles. The van der Waals surface area contributed by atoms with Crippen molar-refractivity contribution in [1.82, 2.24) is 0 Å². The van der Waals surface area contributed by atoms with Gasteiger partial charge in [0.2, 0.25) is 0 Å². The fraction of sp³-hybridized carbons (Fsp3) is 0.615. The molecule has 0 saturated heterocycles. The molecule has 3 heteroatoms. The summed E-state index contributed by atoms with van der Waals surface area (Å²) in [6.07, 6.45) is 1.68. The highest BCUT2D eigenvalue weighted by atomic mass is 16.1. The molecule has 1 aliphatic carbocycles. The van der Waals surface area contributed by atoms with Gasteiger partial charge in [-0.3, -0.25) is 4.79 Å². The van der Waals surface area contributed by atoms with E-state index in [-0.39, 0.29) is 17.6 Å². The second-order valence-electron chi connectivity index (χ2n) is 5.21. The lowest BCUT2D eigenvalue weighted by Crippen LogP contribution is -2.25. The van der Waals surface area contributed by atoms with Crippen LogP contribution in [0.15, 0.2) is 11.1 Å². The van der Waals surface area contributed by atoms with E-state index in [0.717, 1.165) is 12.0 Å². The van der Waals surface area contributed by atoms with Gasteiger partial charge in [-0.15, -0.1) is 0 Å². The third kappa shape index (κ3) is 2.70. The summed E-state index contributed by atoms with van der Waals surface area (Å²) < 4.78 is 0. The topological polar surface area (TPSA) is 64.7 Å². The van der Waals surface area contributed by atoms with Crippen molar-refractivity contribution in [1.29, 1.82) is 10.5 Å². The molecule has 0 aliphatic heterocycles. The molecule has 0 atom stereocenters. The number of rotatable bonds is 2. The van der Waals surface area contributed by atoms with Crippen molar-refractivity contribution < 1.29 is 4.79 Å².